The molecular weight excluding hydrogens is 512 g/mol. The van der Waals surface area contributed by atoms with Crippen LogP contribution in [0, 0.1) is 22.7 Å². The second kappa shape index (κ2) is 9.24. The largest absolute Gasteiger partial charge is 0.307 e. The summed E-state index contributed by atoms with van der Waals surface area (Å²) < 4.78 is 4.68. The van der Waals surface area contributed by atoms with E-state index < -0.39 is 0 Å². The lowest BCUT2D eigenvalue weighted by molar-refractivity contribution is 1.13. The molecule has 0 bridgehead atoms. The van der Waals surface area contributed by atoms with Crippen molar-refractivity contribution in [3.8, 4) is 34.6 Å². The smallest absolute Gasteiger partial charge is 0.0991 e. The fraction of sp³-hybridized carbons (Fsp3) is 0. The van der Waals surface area contributed by atoms with Crippen molar-refractivity contribution < 1.29 is 0 Å². The molecule has 0 N–H and O–H groups in total. The van der Waals surface area contributed by atoms with Gasteiger partial charge in [0.25, 0.3) is 0 Å². The van der Waals surface area contributed by atoms with Gasteiger partial charge in [0, 0.05) is 27.2 Å². The molecule has 2 aromatic heterocycles. The highest BCUT2D eigenvalue weighted by atomic mass is 15.1. The van der Waals surface area contributed by atoms with E-state index in [0.717, 1.165) is 55.3 Å². The van der Waals surface area contributed by atoms with Crippen LogP contribution in [0.1, 0.15) is 11.1 Å². The first kappa shape index (κ1) is 23.8. The van der Waals surface area contributed by atoms with E-state index in [1.54, 1.807) is 0 Å². The number of rotatable bonds is 3. The molecule has 0 fully saturated rings. The molecule has 4 nitrogen and oxygen atoms in total. The lowest BCUT2D eigenvalue weighted by atomic mass is 10.0. The Kier molecular flexibility index (Phi) is 5.22. The van der Waals surface area contributed by atoms with Gasteiger partial charge in [-0.15, -0.1) is 0 Å². The predicted octanol–water partition coefficient (Wildman–Crippen LogP) is 9.29. The van der Waals surface area contributed by atoms with Crippen molar-refractivity contribution in [1.29, 1.82) is 10.5 Å². The van der Waals surface area contributed by atoms with Gasteiger partial charge < -0.3 is 9.13 Å². The van der Waals surface area contributed by atoms with E-state index in [1.165, 1.54) is 10.8 Å². The second-order valence-corrected chi connectivity index (χ2v) is 10.5. The normalized spacial score (nSPS) is 11.3. The van der Waals surface area contributed by atoms with Crippen LogP contribution in [0.3, 0.4) is 0 Å². The highest BCUT2D eigenvalue weighted by molar-refractivity contribution is 6.15. The third-order valence-corrected chi connectivity index (χ3v) is 8.19. The Hall–Kier alpha value is -6.10. The van der Waals surface area contributed by atoms with Gasteiger partial charge in [-0.1, -0.05) is 72.8 Å². The van der Waals surface area contributed by atoms with E-state index in [9.17, 15) is 10.5 Å². The number of nitrogens with zero attached hydrogens (tertiary/aromatic N) is 4. The molecule has 0 aliphatic carbocycles. The van der Waals surface area contributed by atoms with Gasteiger partial charge in [-0.2, -0.15) is 10.5 Å². The van der Waals surface area contributed by atoms with Gasteiger partial charge in [0.05, 0.1) is 51.0 Å². The number of aromatic nitrogens is 2. The minimum absolute atomic E-state index is 0.653. The van der Waals surface area contributed by atoms with Crippen LogP contribution in [0.4, 0.5) is 0 Å². The van der Waals surface area contributed by atoms with Crippen molar-refractivity contribution in [3.05, 3.63) is 145 Å². The van der Waals surface area contributed by atoms with Crippen LogP contribution in [0.5, 0.6) is 0 Å². The molecule has 42 heavy (non-hydrogen) atoms. The summed E-state index contributed by atoms with van der Waals surface area (Å²) in [6.07, 6.45) is 0. The molecule has 0 unspecified atom stereocenters. The predicted molar refractivity (Wildman–Crippen MR) is 170 cm³/mol. The van der Waals surface area contributed by atoms with Crippen molar-refractivity contribution in [3.63, 3.8) is 0 Å². The molecule has 0 atom stereocenters. The number of fused-ring (bicyclic) bond motifs is 6. The maximum atomic E-state index is 9.62. The summed E-state index contributed by atoms with van der Waals surface area (Å²) in [6.45, 7) is 0. The number of para-hydroxylation sites is 3. The van der Waals surface area contributed by atoms with Gasteiger partial charge in [0.1, 0.15) is 0 Å². The molecular formula is C38H22N4. The molecule has 8 aromatic rings. The van der Waals surface area contributed by atoms with Crippen molar-refractivity contribution in [2.24, 2.45) is 0 Å². The van der Waals surface area contributed by atoms with E-state index in [4.69, 9.17) is 0 Å². The molecule has 4 heteroatoms. The molecule has 0 aliphatic heterocycles. The topological polar surface area (TPSA) is 57.4 Å². The van der Waals surface area contributed by atoms with Gasteiger partial charge in [0.2, 0.25) is 0 Å². The second-order valence-electron chi connectivity index (χ2n) is 10.5. The molecule has 0 radical (unpaired) electrons. The first-order valence-corrected chi connectivity index (χ1v) is 13.8. The average Bonchev–Trinajstić information content (AvgIpc) is 3.57. The Morgan fingerprint density at radius 1 is 0.429 bits per heavy atom. The van der Waals surface area contributed by atoms with Gasteiger partial charge in [-0.05, 0) is 71.8 Å². The standard InChI is InChI=1S/C38H22N4/c39-23-25-12-15-27(16-13-25)28-17-19-29(20-18-28)41-34-9-3-1-6-30(34)32-8-5-11-37(38(32)41)42-35-10-4-2-7-31(35)33-22-26(24-40)14-21-36(33)42/h1-22H. The molecule has 8 rings (SSSR count). The molecule has 0 spiro atoms. The maximum absolute atomic E-state index is 9.62. The Morgan fingerprint density at radius 3 is 1.67 bits per heavy atom. The molecule has 0 aliphatic rings. The third kappa shape index (κ3) is 3.47. The fourth-order valence-electron chi connectivity index (χ4n) is 6.29. The first-order valence-electron chi connectivity index (χ1n) is 13.8. The lowest BCUT2D eigenvalue weighted by Gasteiger charge is -2.15. The molecule has 194 valence electrons. The van der Waals surface area contributed by atoms with E-state index in [2.05, 4.69) is 118 Å². The summed E-state index contributed by atoms with van der Waals surface area (Å²) in [5, 5.41) is 23.4. The average molecular weight is 535 g/mol. The van der Waals surface area contributed by atoms with Gasteiger partial charge >= 0.3 is 0 Å². The van der Waals surface area contributed by atoms with E-state index in [-0.39, 0.29) is 0 Å². The number of benzene rings is 6. The Labute approximate surface area is 242 Å². The quantitative estimate of drug-likeness (QED) is 0.227. The number of nitriles is 2. The molecule has 0 saturated heterocycles. The summed E-state index contributed by atoms with van der Waals surface area (Å²) in [5.41, 5.74) is 10.1. The first-order chi connectivity index (χ1) is 20.7. The minimum atomic E-state index is 0.653. The van der Waals surface area contributed by atoms with Crippen molar-refractivity contribution in [2.75, 3.05) is 0 Å². The SMILES string of the molecule is N#Cc1ccc(-c2ccc(-n3c4ccccc4c4cccc(-n5c6ccccc6c6cc(C#N)ccc65)c43)cc2)cc1. The van der Waals surface area contributed by atoms with Crippen LogP contribution in [0.25, 0.3) is 66.1 Å². The summed E-state index contributed by atoms with van der Waals surface area (Å²) in [5.74, 6) is 0. The summed E-state index contributed by atoms with van der Waals surface area (Å²) in [7, 11) is 0. The van der Waals surface area contributed by atoms with E-state index >= 15 is 0 Å². The number of hydrogen-bond acceptors (Lipinski definition) is 2. The van der Waals surface area contributed by atoms with Crippen LogP contribution in [0.2, 0.25) is 0 Å². The van der Waals surface area contributed by atoms with E-state index in [1.807, 2.05) is 36.4 Å². The van der Waals surface area contributed by atoms with Crippen LogP contribution >= 0.6 is 0 Å². The van der Waals surface area contributed by atoms with Gasteiger partial charge in [-0.3, -0.25) is 0 Å². The highest BCUT2D eigenvalue weighted by Gasteiger charge is 2.20. The van der Waals surface area contributed by atoms with Crippen molar-refractivity contribution in [2.45, 2.75) is 0 Å². The van der Waals surface area contributed by atoms with Crippen molar-refractivity contribution in [1.82, 2.24) is 9.13 Å². The molecule has 0 amide bonds. The zero-order valence-electron chi connectivity index (χ0n) is 22.5. The zero-order valence-corrected chi connectivity index (χ0v) is 22.5. The van der Waals surface area contributed by atoms with Gasteiger partial charge in [-0.25, -0.2) is 0 Å². The van der Waals surface area contributed by atoms with Crippen LogP contribution in [0.15, 0.2) is 133 Å². The van der Waals surface area contributed by atoms with Crippen LogP contribution in [-0.4, -0.2) is 9.13 Å². The molecule has 6 aromatic carbocycles. The van der Waals surface area contributed by atoms with E-state index in [0.29, 0.717) is 11.1 Å². The Bertz CT molecular complexity index is 2410. The Balaban J connectivity index is 1.42. The minimum Gasteiger partial charge on any atom is -0.307 e. The summed E-state index contributed by atoms with van der Waals surface area (Å²) in [6, 6.07) is 50.2. The zero-order chi connectivity index (χ0) is 28.2. The summed E-state index contributed by atoms with van der Waals surface area (Å²) in [4.78, 5) is 0. The lowest BCUT2D eigenvalue weighted by Crippen LogP contribution is -2.00. The summed E-state index contributed by atoms with van der Waals surface area (Å²) >= 11 is 0. The van der Waals surface area contributed by atoms with Crippen LogP contribution < -0.4 is 0 Å². The highest BCUT2D eigenvalue weighted by Crippen LogP contribution is 2.39. The maximum Gasteiger partial charge on any atom is 0.0991 e. The third-order valence-electron chi connectivity index (χ3n) is 8.19. The fourth-order valence-corrected chi connectivity index (χ4v) is 6.29. The number of hydrogen-bond donors (Lipinski definition) is 0. The molecule has 0 saturated carbocycles. The van der Waals surface area contributed by atoms with Crippen molar-refractivity contribution >= 4 is 43.6 Å². The molecule has 2 heterocycles. The Morgan fingerprint density at radius 2 is 0.976 bits per heavy atom. The van der Waals surface area contributed by atoms with Gasteiger partial charge in [0.15, 0.2) is 0 Å². The van der Waals surface area contributed by atoms with Crippen LogP contribution in [-0.2, 0) is 0 Å². The monoisotopic (exact) mass is 534 g/mol.